The molecule has 6 nitrogen and oxygen atoms in total. The van der Waals surface area contributed by atoms with Crippen LogP contribution in [0.1, 0.15) is 50.0 Å². The van der Waals surface area contributed by atoms with Crippen molar-refractivity contribution in [3.05, 3.63) is 10.4 Å². The van der Waals surface area contributed by atoms with E-state index in [1.807, 2.05) is 0 Å². The molecule has 1 fully saturated rings. The first-order chi connectivity index (χ1) is 11.2. The van der Waals surface area contributed by atoms with Gasteiger partial charge in [0.15, 0.2) is 0 Å². The lowest BCUT2D eigenvalue weighted by molar-refractivity contribution is 0.0857. The molecule has 2 aliphatic carbocycles. The van der Waals surface area contributed by atoms with Gasteiger partial charge in [0.05, 0.1) is 5.60 Å². The number of anilines is 1. The Morgan fingerprint density at radius 2 is 1.96 bits per heavy atom. The van der Waals surface area contributed by atoms with E-state index in [1.54, 1.807) is 13.8 Å². The van der Waals surface area contributed by atoms with E-state index in [9.17, 15) is 18.6 Å². The number of aliphatic hydroxyl groups is 2. The van der Waals surface area contributed by atoms with Crippen LogP contribution < -0.4 is 10.0 Å². The summed E-state index contributed by atoms with van der Waals surface area (Å²) in [6.07, 6.45) is 4.91. The van der Waals surface area contributed by atoms with Gasteiger partial charge in [-0.1, -0.05) is 0 Å². The van der Waals surface area contributed by atoms with Crippen LogP contribution in [0.25, 0.3) is 0 Å². The first-order valence-corrected chi connectivity index (χ1v) is 10.8. The van der Waals surface area contributed by atoms with Crippen LogP contribution >= 0.6 is 11.3 Å². The molecule has 2 aliphatic rings. The van der Waals surface area contributed by atoms with Crippen molar-refractivity contribution >= 4 is 26.4 Å². The Hall–Kier alpha value is -0.670. The van der Waals surface area contributed by atoms with Gasteiger partial charge in [-0.3, -0.25) is 0 Å². The van der Waals surface area contributed by atoms with Gasteiger partial charge in [-0.05, 0) is 57.9 Å². The molecule has 1 aromatic rings. The van der Waals surface area contributed by atoms with Crippen LogP contribution in [0.15, 0.2) is 4.90 Å². The van der Waals surface area contributed by atoms with Crippen molar-refractivity contribution in [2.24, 2.45) is 5.92 Å². The zero-order valence-electron chi connectivity index (χ0n) is 14.1. The summed E-state index contributed by atoms with van der Waals surface area (Å²) in [4.78, 5) is 1.36. The number of hydrogen-bond donors (Lipinski definition) is 4. The Kier molecular flexibility index (Phi) is 4.96. The third-order valence-corrected chi connectivity index (χ3v) is 7.30. The van der Waals surface area contributed by atoms with E-state index in [2.05, 4.69) is 10.0 Å². The summed E-state index contributed by atoms with van der Waals surface area (Å²) >= 11 is 1.44. The van der Waals surface area contributed by atoms with Crippen molar-refractivity contribution in [2.75, 3.05) is 11.9 Å². The van der Waals surface area contributed by atoms with Crippen LogP contribution in [0, 0.1) is 5.92 Å². The van der Waals surface area contributed by atoms with Gasteiger partial charge < -0.3 is 15.5 Å². The maximum Gasteiger partial charge on any atom is 0.243 e. The lowest BCUT2D eigenvalue weighted by Crippen LogP contribution is -2.38. The fraction of sp³-hybridized carbons (Fsp3) is 0.750. The molecule has 1 atom stereocenters. The predicted molar refractivity (Wildman–Crippen MR) is 94.8 cm³/mol. The molecular weight excluding hydrogens is 348 g/mol. The number of rotatable bonds is 7. The molecule has 0 spiro atoms. The van der Waals surface area contributed by atoms with Crippen molar-refractivity contribution in [3.63, 3.8) is 0 Å². The molecule has 0 aromatic carbocycles. The highest BCUT2D eigenvalue weighted by atomic mass is 32.2. The van der Waals surface area contributed by atoms with E-state index >= 15 is 0 Å². The smallest absolute Gasteiger partial charge is 0.243 e. The normalized spacial score (nSPS) is 19.8. The molecule has 136 valence electrons. The minimum Gasteiger partial charge on any atom is -0.389 e. The average Bonchev–Trinajstić information content (AvgIpc) is 3.26. The summed E-state index contributed by atoms with van der Waals surface area (Å²) in [5.41, 5.74) is -0.246. The second-order valence-corrected chi connectivity index (χ2v) is 10.2. The molecule has 1 saturated carbocycles. The largest absolute Gasteiger partial charge is 0.389 e. The van der Waals surface area contributed by atoms with E-state index in [0.717, 1.165) is 49.0 Å². The Morgan fingerprint density at radius 3 is 2.58 bits per heavy atom. The quantitative estimate of drug-likeness (QED) is 0.546. The maximum atomic E-state index is 12.9. The van der Waals surface area contributed by atoms with Gasteiger partial charge >= 0.3 is 0 Å². The molecule has 24 heavy (non-hydrogen) atoms. The van der Waals surface area contributed by atoms with E-state index < -0.39 is 21.9 Å². The molecule has 0 radical (unpaired) electrons. The Balaban J connectivity index is 1.92. The standard InChI is InChI=1S/C16H26N2O4S2/c1-16(2,20)9-17-24(21,22)13-11-5-3-4-6-12(11)23-15(13)18-14(19)10-7-8-10/h10,14,17-20H,3-9H2,1-2H3. The van der Waals surface area contributed by atoms with Gasteiger partial charge in [-0.25, -0.2) is 13.1 Å². The fourth-order valence-electron chi connectivity index (χ4n) is 2.92. The highest BCUT2D eigenvalue weighted by molar-refractivity contribution is 7.90. The molecular formula is C16H26N2O4S2. The van der Waals surface area contributed by atoms with Crippen molar-refractivity contribution in [2.45, 2.75) is 69.1 Å². The Morgan fingerprint density at radius 1 is 1.29 bits per heavy atom. The number of sulfonamides is 1. The minimum atomic E-state index is -3.75. The monoisotopic (exact) mass is 374 g/mol. The van der Waals surface area contributed by atoms with Gasteiger partial charge in [0.1, 0.15) is 16.1 Å². The van der Waals surface area contributed by atoms with Crippen molar-refractivity contribution in [1.29, 1.82) is 0 Å². The average molecular weight is 375 g/mol. The highest BCUT2D eigenvalue weighted by Gasteiger charge is 2.34. The number of fused-ring (bicyclic) bond motifs is 1. The summed E-state index contributed by atoms with van der Waals surface area (Å²) in [5.74, 6) is 0.212. The van der Waals surface area contributed by atoms with Gasteiger partial charge in [0, 0.05) is 17.3 Å². The fourth-order valence-corrected chi connectivity index (χ4v) is 6.20. The molecule has 3 rings (SSSR count). The second kappa shape index (κ2) is 6.57. The van der Waals surface area contributed by atoms with Gasteiger partial charge in [0.2, 0.25) is 10.0 Å². The summed E-state index contributed by atoms with van der Waals surface area (Å²) < 4.78 is 28.2. The van der Waals surface area contributed by atoms with Crippen LogP contribution in [0.3, 0.4) is 0 Å². The first kappa shape index (κ1) is 18.1. The zero-order chi connectivity index (χ0) is 17.5. The lowest BCUT2D eigenvalue weighted by Gasteiger charge is -2.20. The first-order valence-electron chi connectivity index (χ1n) is 8.48. The lowest BCUT2D eigenvalue weighted by atomic mass is 9.99. The molecule has 0 saturated heterocycles. The van der Waals surface area contributed by atoms with Gasteiger partial charge in [-0.2, -0.15) is 0 Å². The molecule has 4 N–H and O–H groups in total. The molecule has 1 unspecified atom stereocenters. The highest BCUT2D eigenvalue weighted by Crippen LogP contribution is 2.42. The van der Waals surface area contributed by atoms with E-state index in [-0.39, 0.29) is 17.4 Å². The topological polar surface area (TPSA) is 98.7 Å². The van der Waals surface area contributed by atoms with Crippen LogP contribution in [-0.4, -0.2) is 37.0 Å². The van der Waals surface area contributed by atoms with Crippen molar-refractivity contribution < 1.29 is 18.6 Å². The maximum absolute atomic E-state index is 12.9. The second-order valence-electron chi connectivity index (χ2n) is 7.43. The predicted octanol–water partition coefficient (Wildman–Crippen LogP) is 1.82. The summed E-state index contributed by atoms with van der Waals surface area (Å²) in [6.45, 7) is 3.08. The molecule has 0 bridgehead atoms. The van der Waals surface area contributed by atoms with Crippen LogP contribution in [0.5, 0.6) is 0 Å². The third kappa shape index (κ3) is 4.11. The number of nitrogens with one attached hydrogen (secondary N) is 2. The number of aliphatic hydroxyl groups excluding tert-OH is 1. The van der Waals surface area contributed by atoms with Crippen LogP contribution in [0.2, 0.25) is 0 Å². The number of hydrogen-bond acceptors (Lipinski definition) is 6. The van der Waals surface area contributed by atoms with Crippen molar-refractivity contribution in [3.8, 4) is 0 Å². The Bertz CT molecular complexity index is 702. The Labute approximate surface area is 147 Å². The van der Waals surface area contributed by atoms with E-state index in [1.165, 1.54) is 11.3 Å². The SMILES string of the molecule is CC(C)(O)CNS(=O)(=O)c1c(NC(O)C2CC2)sc2c1CCCC2. The van der Waals surface area contributed by atoms with Crippen LogP contribution in [-0.2, 0) is 22.9 Å². The third-order valence-electron chi connectivity index (χ3n) is 4.43. The van der Waals surface area contributed by atoms with Crippen molar-refractivity contribution in [1.82, 2.24) is 4.72 Å². The van der Waals surface area contributed by atoms with Gasteiger partial charge in [-0.15, -0.1) is 11.3 Å². The molecule has 8 heteroatoms. The molecule has 0 amide bonds. The molecule has 0 aliphatic heterocycles. The summed E-state index contributed by atoms with van der Waals surface area (Å²) in [7, 11) is -3.75. The molecule has 1 aromatic heterocycles. The summed E-state index contributed by atoms with van der Waals surface area (Å²) in [6, 6.07) is 0. The number of aryl methyl sites for hydroxylation is 1. The van der Waals surface area contributed by atoms with E-state index in [4.69, 9.17) is 0 Å². The minimum absolute atomic E-state index is 0.0510. The van der Waals surface area contributed by atoms with Crippen LogP contribution in [0.4, 0.5) is 5.00 Å². The summed E-state index contributed by atoms with van der Waals surface area (Å²) in [5, 5.41) is 23.6. The number of thiophene rings is 1. The van der Waals surface area contributed by atoms with E-state index in [0.29, 0.717) is 5.00 Å². The molecule has 1 heterocycles. The zero-order valence-corrected chi connectivity index (χ0v) is 15.8. The van der Waals surface area contributed by atoms with Gasteiger partial charge in [0.25, 0.3) is 0 Å².